The van der Waals surface area contributed by atoms with Crippen LogP contribution in [0.15, 0.2) is 29.4 Å². The number of nitrogen functional groups attached to an aromatic ring is 1. The number of rotatable bonds is 4. The van der Waals surface area contributed by atoms with Crippen molar-refractivity contribution in [1.82, 2.24) is 19.8 Å². The van der Waals surface area contributed by atoms with E-state index < -0.39 is 0 Å². The number of halogens is 1. The van der Waals surface area contributed by atoms with Gasteiger partial charge < -0.3 is 10.7 Å². The van der Waals surface area contributed by atoms with Crippen molar-refractivity contribution in [1.29, 1.82) is 0 Å². The highest BCUT2D eigenvalue weighted by molar-refractivity contribution is 8.00. The lowest BCUT2D eigenvalue weighted by Gasteiger charge is -2.40. The Labute approximate surface area is 163 Å². The maximum Gasteiger partial charge on any atom is 0.236 e. The summed E-state index contributed by atoms with van der Waals surface area (Å²) >= 11 is 7.27. The number of carbonyl (C=O) groups is 1. The van der Waals surface area contributed by atoms with Gasteiger partial charge in [-0.25, -0.2) is 4.68 Å². The predicted molar refractivity (Wildman–Crippen MR) is 106 cm³/mol. The second-order valence-corrected chi connectivity index (χ2v) is 8.56. The highest BCUT2D eigenvalue weighted by Gasteiger charge is 2.32. The van der Waals surface area contributed by atoms with Crippen molar-refractivity contribution in [2.24, 2.45) is 0 Å². The zero-order valence-electron chi connectivity index (χ0n) is 15.2. The van der Waals surface area contributed by atoms with Gasteiger partial charge in [-0.05, 0) is 64.3 Å². The molecule has 1 fully saturated rings. The summed E-state index contributed by atoms with van der Waals surface area (Å²) in [5.74, 6) is 6.84. The van der Waals surface area contributed by atoms with Crippen molar-refractivity contribution in [3.05, 3.63) is 29.3 Å². The summed E-state index contributed by atoms with van der Waals surface area (Å²) in [6.45, 7) is 6.14. The molecule has 140 valence electrons. The lowest BCUT2D eigenvalue weighted by molar-refractivity contribution is -0.136. The lowest BCUT2D eigenvalue weighted by Crippen LogP contribution is -2.50. The van der Waals surface area contributed by atoms with Gasteiger partial charge in [0.15, 0.2) is 5.82 Å². The summed E-state index contributed by atoms with van der Waals surface area (Å²) in [6, 6.07) is 7.79. The molecule has 1 saturated heterocycles. The van der Waals surface area contributed by atoms with Crippen LogP contribution in [0.2, 0.25) is 5.02 Å². The third kappa shape index (κ3) is 3.83. The van der Waals surface area contributed by atoms with Gasteiger partial charge in [0, 0.05) is 22.7 Å². The zero-order chi connectivity index (χ0) is 18.8. The molecule has 2 aromatic rings. The molecule has 0 radical (unpaired) electrons. The molecule has 1 aromatic heterocycles. The van der Waals surface area contributed by atoms with Gasteiger partial charge in [-0.1, -0.05) is 23.4 Å². The van der Waals surface area contributed by atoms with E-state index in [1.165, 1.54) is 22.9 Å². The van der Waals surface area contributed by atoms with Crippen LogP contribution in [-0.4, -0.2) is 43.0 Å². The van der Waals surface area contributed by atoms with Gasteiger partial charge in [-0.2, -0.15) is 0 Å². The van der Waals surface area contributed by atoms with Gasteiger partial charge in [-0.15, -0.1) is 10.2 Å². The molecule has 1 aromatic carbocycles. The summed E-state index contributed by atoms with van der Waals surface area (Å²) in [5, 5.41) is 9.23. The summed E-state index contributed by atoms with van der Waals surface area (Å²) < 4.78 is 1.43. The molecular weight excluding hydrogens is 370 g/mol. The second kappa shape index (κ2) is 7.88. The summed E-state index contributed by atoms with van der Waals surface area (Å²) in [7, 11) is 0. The Morgan fingerprint density at radius 3 is 2.46 bits per heavy atom. The number of hydrogen-bond acceptors (Lipinski definition) is 5. The number of amides is 1. The number of hydrogen-bond donors (Lipinski definition) is 1. The number of likely N-dealkylation sites (tertiary alicyclic amines) is 1. The van der Waals surface area contributed by atoms with Gasteiger partial charge in [0.05, 0.1) is 5.25 Å². The minimum Gasteiger partial charge on any atom is -0.336 e. The Kier molecular flexibility index (Phi) is 5.77. The fourth-order valence-electron chi connectivity index (χ4n) is 3.43. The monoisotopic (exact) mass is 393 g/mol. The summed E-state index contributed by atoms with van der Waals surface area (Å²) in [5.41, 5.74) is 0.827. The van der Waals surface area contributed by atoms with Crippen LogP contribution < -0.4 is 5.84 Å². The third-order valence-corrected chi connectivity index (χ3v) is 6.14. The SMILES string of the molecule is C[C@@H]1CCC[C@H](C)N1C(=O)[C@@H](C)Sc1nnc(-c2ccc(Cl)cc2)n1N. The van der Waals surface area contributed by atoms with E-state index in [2.05, 4.69) is 24.0 Å². The maximum atomic E-state index is 12.9. The Hall–Kier alpha value is -1.73. The molecule has 3 atom stereocenters. The highest BCUT2D eigenvalue weighted by atomic mass is 35.5. The molecule has 0 bridgehead atoms. The first kappa shape index (κ1) is 19.0. The van der Waals surface area contributed by atoms with Crippen molar-refractivity contribution in [2.75, 3.05) is 5.84 Å². The molecule has 1 aliphatic heterocycles. The number of carbonyl (C=O) groups excluding carboxylic acids is 1. The van der Waals surface area contributed by atoms with Gasteiger partial charge in [0.2, 0.25) is 11.1 Å². The molecule has 0 spiro atoms. The standard InChI is InChI=1S/C18H24ClN5OS/c1-11-5-4-6-12(2)23(11)17(25)13(3)26-18-22-21-16(24(18)20)14-7-9-15(19)10-8-14/h7-13H,4-6,20H2,1-3H3/t11-,12+,13-/m1/s1. The number of nitrogens with two attached hydrogens (primary N) is 1. The number of aromatic nitrogens is 3. The topological polar surface area (TPSA) is 77.0 Å². The van der Waals surface area contributed by atoms with E-state index in [1.807, 2.05) is 24.0 Å². The average Bonchev–Trinajstić information content (AvgIpc) is 2.96. The summed E-state index contributed by atoms with van der Waals surface area (Å²) in [6.07, 6.45) is 3.29. The lowest BCUT2D eigenvalue weighted by atomic mass is 9.97. The van der Waals surface area contributed by atoms with Gasteiger partial charge in [-0.3, -0.25) is 4.79 Å². The Bertz CT molecular complexity index is 768. The van der Waals surface area contributed by atoms with Gasteiger partial charge >= 0.3 is 0 Å². The van der Waals surface area contributed by atoms with Gasteiger partial charge in [0.1, 0.15) is 0 Å². The number of thioether (sulfide) groups is 1. The van der Waals surface area contributed by atoms with Crippen LogP contribution >= 0.6 is 23.4 Å². The fraction of sp³-hybridized carbons (Fsp3) is 0.500. The molecule has 26 heavy (non-hydrogen) atoms. The van der Waals surface area contributed by atoms with Crippen molar-refractivity contribution < 1.29 is 4.79 Å². The van der Waals surface area contributed by atoms with E-state index >= 15 is 0 Å². The summed E-state index contributed by atoms with van der Waals surface area (Å²) in [4.78, 5) is 15.0. The third-order valence-electron chi connectivity index (χ3n) is 4.84. The molecule has 6 nitrogen and oxygen atoms in total. The predicted octanol–water partition coefficient (Wildman–Crippen LogP) is 3.58. The molecule has 2 N–H and O–H groups in total. The van der Waals surface area contributed by atoms with Crippen LogP contribution in [0.25, 0.3) is 11.4 Å². The molecule has 1 aliphatic rings. The smallest absolute Gasteiger partial charge is 0.236 e. The first-order chi connectivity index (χ1) is 12.4. The molecule has 0 unspecified atom stereocenters. The Morgan fingerprint density at radius 2 is 1.85 bits per heavy atom. The molecule has 8 heteroatoms. The molecule has 2 heterocycles. The Balaban J connectivity index is 1.74. The largest absolute Gasteiger partial charge is 0.336 e. The zero-order valence-corrected chi connectivity index (χ0v) is 16.8. The van der Waals surface area contributed by atoms with Crippen LogP contribution in [0.4, 0.5) is 0 Å². The molecular formula is C18H24ClN5OS. The normalized spacial score (nSPS) is 21.6. The average molecular weight is 394 g/mol. The molecule has 0 aliphatic carbocycles. The highest BCUT2D eigenvalue weighted by Crippen LogP contribution is 2.29. The minimum atomic E-state index is -0.275. The fourth-order valence-corrected chi connectivity index (χ4v) is 4.38. The molecule has 3 rings (SSSR count). The van der Waals surface area contributed by atoms with Crippen LogP contribution in [0.3, 0.4) is 0 Å². The van der Waals surface area contributed by atoms with Crippen LogP contribution in [0, 0.1) is 0 Å². The van der Waals surface area contributed by atoms with E-state index in [0.29, 0.717) is 16.0 Å². The Morgan fingerprint density at radius 1 is 1.23 bits per heavy atom. The first-order valence-corrected chi connectivity index (χ1v) is 10.1. The number of benzene rings is 1. The van der Waals surface area contributed by atoms with Crippen molar-refractivity contribution >= 4 is 29.3 Å². The maximum absolute atomic E-state index is 12.9. The van der Waals surface area contributed by atoms with E-state index in [9.17, 15) is 4.79 Å². The van der Waals surface area contributed by atoms with E-state index in [-0.39, 0.29) is 23.2 Å². The number of nitrogens with zero attached hydrogens (tertiary/aromatic N) is 4. The number of piperidine rings is 1. The van der Waals surface area contributed by atoms with Crippen molar-refractivity contribution in [3.8, 4) is 11.4 Å². The van der Waals surface area contributed by atoms with Crippen LogP contribution in [0.5, 0.6) is 0 Å². The van der Waals surface area contributed by atoms with Crippen molar-refractivity contribution in [2.45, 2.75) is 62.5 Å². The van der Waals surface area contributed by atoms with E-state index in [1.54, 1.807) is 12.1 Å². The second-order valence-electron chi connectivity index (χ2n) is 6.82. The minimum absolute atomic E-state index is 0.130. The van der Waals surface area contributed by atoms with E-state index in [4.69, 9.17) is 17.4 Å². The van der Waals surface area contributed by atoms with Crippen LogP contribution in [0.1, 0.15) is 40.0 Å². The molecule has 0 saturated carbocycles. The quantitative estimate of drug-likeness (QED) is 0.634. The first-order valence-electron chi connectivity index (χ1n) is 8.83. The molecule has 1 amide bonds. The van der Waals surface area contributed by atoms with Crippen molar-refractivity contribution in [3.63, 3.8) is 0 Å². The van der Waals surface area contributed by atoms with Crippen LogP contribution in [-0.2, 0) is 4.79 Å². The van der Waals surface area contributed by atoms with Gasteiger partial charge in [0.25, 0.3) is 0 Å². The van der Waals surface area contributed by atoms with E-state index in [0.717, 1.165) is 18.4 Å².